The lowest BCUT2D eigenvalue weighted by Gasteiger charge is -2.39. The minimum atomic E-state index is -0.325. The Labute approximate surface area is 185 Å². The summed E-state index contributed by atoms with van der Waals surface area (Å²) in [7, 11) is 0. The summed E-state index contributed by atoms with van der Waals surface area (Å²) < 4.78 is 25.6. The number of benzene rings is 2. The zero-order valence-corrected chi connectivity index (χ0v) is 19.0. The van der Waals surface area contributed by atoms with Crippen molar-refractivity contribution in [3.63, 3.8) is 0 Å². The van der Waals surface area contributed by atoms with E-state index in [0.717, 1.165) is 18.5 Å². The van der Waals surface area contributed by atoms with E-state index in [1.807, 2.05) is 32.0 Å². The van der Waals surface area contributed by atoms with Crippen molar-refractivity contribution in [2.75, 3.05) is 26.3 Å². The van der Waals surface area contributed by atoms with Gasteiger partial charge in [-0.3, -0.25) is 9.69 Å². The van der Waals surface area contributed by atoms with Gasteiger partial charge in [-0.15, -0.1) is 0 Å². The molecule has 2 aromatic rings. The van der Waals surface area contributed by atoms with E-state index in [1.165, 1.54) is 11.6 Å². The molecule has 1 fully saturated rings. The molecule has 5 heteroatoms. The van der Waals surface area contributed by atoms with E-state index >= 15 is 0 Å². The van der Waals surface area contributed by atoms with Crippen LogP contribution in [0.15, 0.2) is 48.5 Å². The molecular formula is C26H34FNO3. The fourth-order valence-electron chi connectivity index (χ4n) is 4.14. The lowest BCUT2D eigenvalue weighted by atomic mass is 9.97. The predicted octanol–water partition coefficient (Wildman–Crippen LogP) is 5.13. The number of carbonyl (C=O) groups is 1. The summed E-state index contributed by atoms with van der Waals surface area (Å²) in [6.45, 7) is 10.5. The fourth-order valence-corrected chi connectivity index (χ4v) is 4.14. The quantitative estimate of drug-likeness (QED) is 0.547. The largest absolute Gasteiger partial charge is 0.464 e. The number of ether oxygens (including phenoxy) is 2. The average Bonchev–Trinajstić information content (AvgIpc) is 2.75. The van der Waals surface area contributed by atoms with Gasteiger partial charge in [0.05, 0.1) is 12.5 Å². The number of rotatable bonds is 8. The van der Waals surface area contributed by atoms with Crippen LogP contribution in [0.5, 0.6) is 0 Å². The Morgan fingerprint density at radius 2 is 1.87 bits per heavy atom. The van der Waals surface area contributed by atoms with Crippen LogP contribution < -0.4 is 0 Å². The molecule has 3 rings (SSSR count). The lowest BCUT2D eigenvalue weighted by molar-refractivity contribution is -0.146. The molecule has 1 saturated heterocycles. The first-order valence-electron chi connectivity index (χ1n) is 11.2. The summed E-state index contributed by atoms with van der Waals surface area (Å²) in [5, 5.41) is 0. The maximum atomic E-state index is 14.2. The molecule has 1 aliphatic rings. The highest BCUT2D eigenvalue weighted by Gasteiger charge is 2.31. The van der Waals surface area contributed by atoms with Gasteiger partial charge in [-0.2, -0.15) is 0 Å². The Kier molecular flexibility index (Phi) is 8.22. The molecule has 3 atom stereocenters. The number of morpholine rings is 1. The van der Waals surface area contributed by atoms with Crippen LogP contribution in [-0.4, -0.2) is 43.2 Å². The molecule has 0 saturated carbocycles. The third-order valence-electron chi connectivity index (χ3n) is 6.00. The van der Waals surface area contributed by atoms with Crippen molar-refractivity contribution in [1.82, 2.24) is 4.90 Å². The van der Waals surface area contributed by atoms with E-state index in [9.17, 15) is 9.18 Å². The van der Waals surface area contributed by atoms with Crippen molar-refractivity contribution in [3.8, 4) is 0 Å². The Morgan fingerprint density at radius 3 is 2.55 bits per heavy atom. The molecule has 4 nitrogen and oxygen atoms in total. The van der Waals surface area contributed by atoms with Crippen molar-refractivity contribution in [1.29, 1.82) is 0 Å². The van der Waals surface area contributed by atoms with Crippen LogP contribution in [0.4, 0.5) is 4.39 Å². The van der Waals surface area contributed by atoms with Crippen LogP contribution in [0, 0.1) is 11.7 Å². The first-order chi connectivity index (χ1) is 14.9. The minimum Gasteiger partial charge on any atom is -0.464 e. The second-order valence-corrected chi connectivity index (χ2v) is 8.82. The van der Waals surface area contributed by atoms with Crippen LogP contribution in [0.25, 0.3) is 0 Å². The van der Waals surface area contributed by atoms with E-state index in [2.05, 4.69) is 30.9 Å². The van der Waals surface area contributed by atoms with Gasteiger partial charge in [0.2, 0.25) is 0 Å². The van der Waals surface area contributed by atoms with Gasteiger partial charge in [0.15, 0.2) is 0 Å². The summed E-state index contributed by atoms with van der Waals surface area (Å²) >= 11 is 0. The molecule has 2 aromatic carbocycles. The highest BCUT2D eigenvalue weighted by atomic mass is 19.1. The zero-order chi connectivity index (χ0) is 22.4. The highest BCUT2D eigenvalue weighted by Crippen LogP contribution is 2.30. The Balaban J connectivity index is 1.51. The second kappa shape index (κ2) is 10.9. The monoisotopic (exact) mass is 427 g/mol. The van der Waals surface area contributed by atoms with Gasteiger partial charge < -0.3 is 9.47 Å². The molecular weight excluding hydrogens is 393 g/mol. The molecule has 0 aromatic heterocycles. The molecule has 0 amide bonds. The first-order valence-corrected chi connectivity index (χ1v) is 11.2. The summed E-state index contributed by atoms with van der Waals surface area (Å²) in [6.07, 6.45) is 0.707. The molecule has 1 aliphatic heterocycles. The van der Waals surface area contributed by atoms with Crippen LogP contribution in [-0.2, 0) is 20.7 Å². The molecule has 0 aliphatic carbocycles. The molecule has 0 bridgehead atoms. The maximum Gasteiger partial charge on any atom is 0.313 e. The lowest BCUT2D eigenvalue weighted by Crippen LogP contribution is -2.47. The van der Waals surface area contributed by atoms with Crippen molar-refractivity contribution < 1.29 is 18.7 Å². The number of halogens is 1. The van der Waals surface area contributed by atoms with E-state index in [4.69, 9.17) is 9.47 Å². The van der Waals surface area contributed by atoms with Gasteiger partial charge in [-0.1, -0.05) is 56.3 Å². The molecule has 168 valence electrons. The zero-order valence-electron chi connectivity index (χ0n) is 19.0. The maximum absolute atomic E-state index is 14.2. The number of nitrogens with zero attached hydrogens (tertiary/aromatic N) is 1. The smallest absolute Gasteiger partial charge is 0.313 e. The average molecular weight is 428 g/mol. The standard InChI is InChI=1S/C26H34FNO3/c1-18(2)17-21-9-11-22(12-10-21)19(3)26(29)31-16-14-28-13-15-30-25(20(28)4)23-7-5-6-8-24(23)27/h5-12,18-20,25H,13-17H2,1-4H3. The molecule has 0 spiro atoms. The molecule has 1 heterocycles. The van der Waals surface area contributed by atoms with Gasteiger partial charge in [-0.05, 0) is 43.4 Å². The van der Waals surface area contributed by atoms with Gasteiger partial charge in [0.25, 0.3) is 0 Å². The molecule has 3 unspecified atom stereocenters. The Morgan fingerprint density at radius 1 is 1.16 bits per heavy atom. The van der Waals surface area contributed by atoms with Gasteiger partial charge in [0.1, 0.15) is 18.5 Å². The molecule has 31 heavy (non-hydrogen) atoms. The van der Waals surface area contributed by atoms with Crippen molar-refractivity contribution in [3.05, 3.63) is 71.0 Å². The van der Waals surface area contributed by atoms with Crippen LogP contribution in [0.3, 0.4) is 0 Å². The Bertz CT molecular complexity index is 852. The highest BCUT2D eigenvalue weighted by molar-refractivity contribution is 5.77. The summed E-state index contributed by atoms with van der Waals surface area (Å²) in [5.74, 6) is -0.167. The molecule has 0 radical (unpaired) electrons. The van der Waals surface area contributed by atoms with E-state index in [-0.39, 0.29) is 29.9 Å². The normalized spacial score (nSPS) is 20.6. The van der Waals surface area contributed by atoms with Gasteiger partial charge in [-0.25, -0.2) is 4.39 Å². The summed E-state index contributed by atoms with van der Waals surface area (Å²) in [4.78, 5) is 14.7. The van der Waals surface area contributed by atoms with Crippen molar-refractivity contribution >= 4 is 5.97 Å². The van der Waals surface area contributed by atoms with Crippen LogP contribution in [0.2, 0.25) is 0 Å². The van der Waals surface area contributed by atoms with E-state index in [1.54, 1.807) is 12.1 Å². The van der Waals surface area contributed by atoms with Gasteiger partial charge in [0, 0.05) is 24.7 Å². The van der Waals surface area contributed by atoms with Gasteiger partial charge >= 0.3 is 5.97 Å². The molecule has 0 N–H and O–H groups in total. The number of carbonyl (C=O) groups excluding carboxylic acids is 1. The number of hydrogen-bond acceptors (Lipinski definition) is 4. The Hall–Kier alpha value is -2.24. The third kappa shape index (κ3) is 6.14. The number of esters is 1. The van der Waals surface area contributed by atoms with E-state index < -0.39 is 0 Å². The van der Waals surface area contributed by atoms with Crippen LogP contribution >= 0.6 is 0 Å². The predicted molar refractivity (Wildman–Crippen MR) is 120 cm³/mol. The minimum absolute atomic E-state index is 0.00437. The third-order valence-corrected chi connectivity index (χ3v) is 6.00. The van der Waals surface area contributed by atoms with Crippen molar-refractivity contribution in [2.45, 2.75) is 52.2 Å². The second-order valence-electron chi connectivity index (χ2n) is 8.82. The summed E-state index contributed by atoms with van der Waals surface area (Å²) in [5.41, 5.74) is 2.83. The summed E-state index contributed by atoms with van der Waals surface area (Å²) in [6, 6.07) is 15.0. The SMILES string of the molecule is CC(C)Cc1ccc(C(C)C(=O)OCCN2CCOC(c3ccccc3F)C2C)cc1. The van der Waals surface area contributed by atoms with E-state index in [0.29, 0.717) is 31.2 Å². The first kappa shape index (κ1) is 23.4. The topological polar surface area (TPSA) is 38.8 Å². The van der Waals surface area contributed by atoms with Crippen molar-refractivity contribution in [2.24, 2.45) is 5.92 Å². The number of hydrogen-bond donors (Lipinski definition) is 0. The fraction of sp³-hybridized carbons (Fsp3) is 0.500. The van der Waals surface area contributed by atoms with Crippen LogP contribution in [0.1, 0.15) is 56.4 Å².